The second-order valence-corrected chi connectivity index (χ2v) is 8.78. The lowest BCUT2D eigenvalue weighted by Crippen LogP contribution is -2.34. The summed E-state index contributed by atoms with van der Waals surface area (Å²) in [7, 11) is -3.64. The molecule has 6 nitrogen and oxygen atoms in total. The number of aryl methyl sites for hydroxylation is 2. The van der Waals surface area contributed by atoms with Crippen LogP contribution in [0.2, 0.25) is 0 Å². The Kier molecular flexibility index (Phi) is 6.05. The van der Waals surface area contributed by atoms with E-state index in [2.05, 4.69) is 4.72 Å². The third kappa shape index (κ3) is 4.36. The Morgan fingerprint density at radius 2 is 2.00 bits per heavy atom. The monoisotopic (exact) mass is 402 g/mol. The van der Waals surface area contributed by atoms with Crippen LogP contribution in [0.4, 0.5) is 5.69 Å². The number of amides is 1. The zero-order valence-electron chi connectivity index (χ0n) is 16.5. The molecule has 1 aliphatic rings. The summed E-state index contributed by atoms with van der Waals surface area (Å²) in [4.78, 5) is 13.7. The molecular weight excluding hydrogens is 376 g/mol. The molecule has 0 saturated heterocycles. The maximum Gasteiger partial charge on any atom is 0.240 e. The third-order valence-corrected chi connectivity index (χ3v) is 6.53. The molecule has 0 aliphatic carbocycles. The number of anilines is 1. The maximum atomic E-state index is 12.6. The number of nitrogens with zero attached hydrogens (tertiary/aromatic N) is 1. The van der Waals surface area contributed by atoms with Crippen LogP contribution in [-0.2, 0) is 21.2 Å². The van der Waals surface area contributed by atoms with Crippen LogP contribution in [0.1, 0.15) is 30.0 Å². The Morgan fingerprint density at radius 3 is 2.75 bits per heavy atom. The fourth-order valence-electron chi connectivity index (χ4n) is 3.37. The van der Waals surface area contributed by atoms with Crippen molar-refractivity contribution in [3.8, 4) is 5.75 Å². The highest BCUT2D eigenvalue weighted by Gasteiger charge is 2.22. The molecule has 0 unspecified atom stereocenters. The van der Waals surface area contributed by atoms with E-state index in [4.69, 9.17) is 4.74 Å². The number of nitrogens with one attached hydrogen (secondary N) is 1. The summed E-state index contributed by atoms with van der Waals surface area (Å²) < 4.78 is 33.5. The lowest BCUT2D eigenvalue weighted by Gasteiger charge is -2.28. The highest BCUT2D eigenvalue weighted by atomic mass is 32.2. The first kappa shape index (κ1) is 20.4. The molecule has 1 aliphatic heterocycles. The Bertz CT molecular complexity index is 986. The molecule has 1 amide bonds. The molecule has 0 atom stereocenters. The highest BCUT2D eigenvalue weighted by Crippen LogP contribution is 2.29. The van der Waals surface area contributed by atoms with Crippen molar-refractivity contribution in [2.75, 3.05) is 24.6 Å². The van der Waals surface area contributed by atoms with Crippen LogP contribution >= 0.6 is 0 Å². The van der Waals surface area contributed by atoms with Crippen LogP contribution in [0.25, 0.3) is 0 Å². The Labute approximate surface area is 166 Å². The number of hydrogen-bond acceptors (Lipinski definition) is 4. The summed E-state index contributed by atoms with van der Waals surface area (Å²) in [6.45, 7) is 6.60. The molecule has 1 heterocycles. The van der Waals surface area contributed by atoms with Gasteiger partial charge < -0.3 is 9.64 Å². The first-order chi connectivity index (χ1) is 13.3. The van der Waals surface area contributed by atoms with Crippen molar-refractivity contribution >= 4 is 21.6 Å². The first-order valence-corrected chi connectivity index (χ1v) is 10.9. The van der Waals surface area contributed by atoms with Gasteiger partial charge in [-0.2, -0.15) is 0 Å². The van der Waals surface area contributed by atoms with E-state index in [1.54, 1.807) is 23.1 Å². The lowest BCUT2D eigenvalue weighted by molar-refractivity contribution is -0.116. The summed E-state index contributed by atoms with van der Waals surface area (Å²) in [6.07, 6.45) is 1.59. The average molecular weight is 403 g/mol. The lowest BCUT2D eigenvalue weighted by atomic mass is 10.0. The molecule has 0 fully saturated rings. The Balaban J connectivity index is 1.65. The van der Waals surface area contributed by atoms with Gasteiger partial charge in [-0.15, -0.1) is 0 Å². The summed E-state index contributed by atoms with van der Waals surface area (Å²) >= 11 is 0. The maximum absolute atomic E-state index is 12.6. The van der Waals surface area contributed by atoms with Crippen molar-refractivity contribution in [3.63, 3.8) is 0 Å². The minimum atomic E-state index is -3.64. The van der Waals surface area contributed by atoms with Crippen LogP contribution in [0.3, 0.4) is 0 Å². The quantitative estimate of drug-likeness (QED) is 0.754. The number of hydrogen-bond donors (Lipinski definition) is 1. The van der Waals surface area contributed by atoms with Gasteiger partial charge in [0.1, 0.15) is 12.4 Å². The zero-order valence-corrected chi connectivity index (χ0v) is 17.3. The molecule has 0 radical (unpaired) electrons. The van der Waals surface area contributed by atoms with Crippen molar-refractivity contribution < 1.29 is 17.9 Å². The van der Waals surface area contributed by atoms with E-state index in [9.17, 15) is 13.2 Å². The van der Waals surface area contributed by atoms with Crippen molar-refractivity contribution in [1.29, 1.82) is 0 Å². The minimum absolute atomic E-state index is 0.0294. The number of carbonyl (C=O) groups is 1. The van der Waals surface area contributed by atoms with Gasteiger partial charge in [0.2, 0.25) is 15.9 Å². The van der Waals surface area contributed by atoms with E-state index >= 15 is 0 Å². The van der Waals surface area contributed by atoms with Crippen LogP contribution in [0.15, 0.2) is 41.3 Å². The largest absolute Gasteiger partial charge is 0.492 e. The number of ether oxygens (including phenoxy) is 1. The predicted molar refractivity (Wildman–Crippen MR) is 109 cm³/mol. The van der Waals surface area contributed by atoms with Gasteiger partial charge in [0.25, 0.3) is 0 Å². The molecule has 7 heteroatoms. The topological polar surface area (TPSA) is 75.7 Å². The fourth-order valence-corrected chi connectivity index (χ4v) is 4.43. The van der Waals surface area contributed by atoms with E-state index in [1.807, 2.05) is 32.0 Å². The van der Waals surface area contributed by atoms with E-state index < -0.39 is 10.0 Å². The molecule has 2 aromatic rings. The standard InChI is InChI=1S/C21H26N2O4S/c1-15-6-4-8-21(16(15)2)27-13-11-22-28(25,26)19-9-10-20-18(14-19)7-5-12-23(20)17(3)24/h4,6,8-10,14,22H,5,7,11-13H2,1-3H3. The van der Waals surface area contributed by atoms with E-state index in [0.717, 1.165) is 41.0 Å². The number of rotatable bonds is 6. The number of carbonyl (C=O) groups excluding carboxylic acids is 1. The summed E-state index contributed by atoms with van der Waals surface area (Å²) in [5.41, 5.74) is 3.87. The molecule has 2 aromatic carbocycles. The fraction of sp³-hybridized carbons (Fsp3) is 0.381. The van der Waals surface area contributed by atoms with Crippen molar-refractivity contribution in [2.45, 2.75) is 38.5 Å². The van der Waals surface area contributed by atoms with Gasteiger partial charge in [0.05, 0.1) is 4.90 Å². The van der Waals surface area contributed by atoms with Gasteiger partial charge in [0, 0.05) is 25.7 Å². The predicted octanol–water partition coefficient (Wildman–Crippen LogP) is 2.96. The SMILES string of the molecule is CC(=O)N1CCCc2cc(S(=O)(=O)NCCOc3cccc(C)c3C)ccc21. The van der Waals surface area contributed by atoms with E-state index in [1.165, 1.54) is 6.92 Å². The van der Waals surface area contributed by atoms with Gasteiger partial charge >= 0.3 is 0 Å². The van der Waals surface area contributed by atoms with E-state index in [-0.39, 0.29) is 24.0 Å². The molecule has 0 bridgehead atoms. The normalized spacial score (nSPS) is 13.9. The second-order valence-electron chi connectivity index (χ2n) is 7.01. The molecule has 0 spiro atoms. The highest BCUT2D eigenvalue weighted by molar-refractivity contribution is 7.89. The first-order valence-electron chi connectivity index (χ1n) is 9.39. The van der Waals surface area contributed by atoms with Crippen molar-refractivity contribution in [3.05, 3.63) is 53.1 Å². The van der Waals surface area contributed by atoms with Crippen LogP contribution < -0.4 is 14.4 Å². The van der Waals surface area contributed by atoms with Gasteiger partial charge in [0.15, 0.2) is 0 Å². The number of sulfonamides is 1. The Hall–Kier alpha value is -2.38. The van der Waals surface area contributed by atoms with Gasteiger partial charge in [-0.05, 0) is 67.6 Å². The van der Waals surface area contributed by atoms with Crippen LogP contribution in [-0.4, -0.2) is 34.0 Å². The molecule has 3 rings (SSSR count). The summed E-state index contributed by atoms with van der Waals surface area (Å²) in [5.74, 6) is 0.732. The summed E-state index contributed by atoms with van der Waals surface area (Å²) in [6, 6.07) is 10.7. The molecule has 0 saturated carbocycles. The Morgan fingerprint density at radius 1 is 1.21 bits per heavy atom. The van der Waals surface area contributed by atoms with Crippen molar-refractivity contribution in [1.82, 2.24) is 4.72 Å². The van der Waals surface area contributed by atoms with Crippen molar-refractivity contribution in [2.24, 2.45) is 0 Å². The van der Waals surface area contributed by atoms with Gasteiger partial charge in [-0.25, -0.2) is 13.1 Å². The van der Waals surface area contributed by atoms with Crippen LogP contribution in [0, 0.1) is 13.8 Å². The van der Waals surface area contributed by atoms with Gasteiger partial charge in [-0.3, -0.25) is 4.79 Å². The smallest absolute Gasteiger partial charge is 0.240 e. The molecular formula is C21H26N2O4S. The number of fused-ring (bicyclic) bond motifs is 1. The average Bonchev–Trinajstić information content (AvgIpc) is 2.67. The van der Waals surface area contributed by atoms with Gasteiger partial charge in [-0.1, -0.05) is 12.1 Å². The third-order valence-electron chi connectivity index (χ3n) is 5.07. The number of benzene rings is 2. The minimum Gasteiger partial charge on any atom is -0.492 e. The molecule has 0 aromatic heterocycles. The molecule has 150 valence electrons. The van der Waals surface area contributed by atoms with E-state index in [0.29, 0.717) is 6.54 Å². The second kappa shape index (κ2) is 8.32. The zero-order chi connectivity index (χ0) is 20.3. The van der Waals surface area contributed by atoms with Crippen LogP contribution in [0.5, 0.6) is 5.75 Å². The summed E-state index contributed by atoms with van der Waals surface area (Å²) in [5, 5.41) is 0. The molecule has 1 N–H and O–H groups in total. The molecule has 28 heavy (non-hydrogen) atoms.